The third-order valence-electron chi connectivity index (χ3n) is 14.5. The van der Waals surface area contributed by atoms with Crippen LogP contribution >= 0.6 is 0 Å². The summed E-state index contributed by atoms with van der Waals surface area (Å²) in [7, 11) is -1.36. The number of rotatable bonds is 9. The number of nitrogens with two attached hydrogens (primary N) is 1. The highest BCUT2D eigenvalue weighted by molar-refractivity contribution is 7.94. The Bertz CT molecular complexity index is 3360. The van der Waals surface area contributed by atoms with Gasteiger partial charge < -0.3 is 19.9 Å². The van der Waals surface area contributed by atoms with Crippen molar-refractivity contribution in [3.05, 3.63) is 139 Å². The average Bonchev–Trinajstić information content (AvgIpc) is 4.13. The number of carbonyl (C=O) groups excluding carboxylic acids is 1. The molecule has 4 aliphatic rings. The minimum Gasteiger partial charge on any atom is -0.402 e. The number of amides is 1. The van der Waals surface area contributed by atoms with E-state index in [1.165, 1.54) is 36.1 Å². The van der Waals surface area contributed by atoms with E-state index >= 15 is 13.6 Å². The second-order valence-electron chi connectivity index (χ2n) is 19.5. The number of fused-ring (bicyclic) bond motifs is 1. The molecule has 3 aromatic carbocycles. The highest BCUT2D eigenvalue weighted by Crippen LogP contribution is 2.56. The molecule has 3 N–H and O–H groups in total. The number of aryl methyl sites for hydroxylation is 2. The second-order valence-corrected chi connectivity index (χ2v) is 22.2. The van der Waals surface area contributed by atoms with Gasteiger partial charge in [-0.3, -0.25) is 23.4 Å². The monoisotopic (exact) mass is 947 g/mol. The summed E-state index contributed by atoms with van der Waals surface area (Å²) in [6.07, 6.45) is 6.82. The Hall–Kier alpha value is -6.40. The number of carbonyl (C=O) groups is 1. The molecule has 2 aliphatic heterocycles. The number of aromatic amines is 1. The first-order valence-corrected chi connectivity index (χ1v) is 24.7. The smallest absolute Gasteiger partial charge is 0.402 e. The van der Waals surface area contributed by atoms with Crippen LogP contribution in [0.4, 0.5) is 14.5 Å². The van der Waals surface area contributed by atoms with Crippen molar-refractivity contribution in [2.24, 2.45) is 21.0 Å². The maximum absolute atomic E-state index is 16.1. The SMILES string of the molecule is CN=S(=O)(c1ccc(-n2ccn(C(=Nc3cc(C)c(F)c(C)c3)C3=C(N)CCN(C(=O)c4cc5cc([C@H]6CCOC(C)(C)C6)ccc5n4[C@@]4(c5noc(=O)[nH]5)C[C@@H]4C)[C@H]3C)c2=O)c(F)c1)C1CC1. The molecule has 1 unspecified atom stereocenters. The number of nitrogens with zero attached hydrogens (tertiary/aromatic N) is 7. The molecule has 1 saturated heterocycles. The fourth-order valence-electron chi connectivity index (χ4n) is 10.7. The molecule has 10 rings (SSSR count). The first-order chi connectivity index (χ1) is 32.3. The Kier molecular flexibility index (Phi) is 10.9. The number of aromatic nitrogens is 5. The predicted octanol–water partition coefficient (Wildman–Crippen LogP) is 7.97. The number of aliphatic imine (C=N–C) groups is 1. The molecule has 15 nitrogen and oxygen atoms in total. The van der Waals surface area contributed by atoms with E-state index in [-0.39, 0.29) is 58.0 Å². The third kappa shape index (κ3) is 7.46. The molecule has 0 bridgehead atoms. The van der Waals surface area contributed by atoms with E-state index in [0.717, 1.165) is 46.7 Å². The van der Waals surface area contributed by atoms with Crippen molar-refractivity contribution in [1.82, 2.24) is 28.7 Å². The van der Waals surface area contributed by atoms with Gasteiger partial charge in [-0.15, -0.1) is 0 Å². The summed E-state index contributed by atoms with van der Waals surface area (Å²) in [5.41, 5.74) is 9.00. The van der Waals surface area contributed by atoms with Gasteiger partial charge in [0.25, 0.3) is 5.91 Å². The molecule has 356 valence electrons. The van der Waals surface area contributed by atoms with E-state index in [0.29, 0.717) is 52.6 Å². The predicted molar refractivity (Wildman–Crippen MR) is 254 cm³/mol. The summed E-state index contributed by atoms with van der Waals surface area (Å²) in [4.78, 5) is 52.3. The van der Waals surface area contributed by atoms with Crippen LogP contribution in [0.2, 0.25) is 0 Å². The van der Waals surface area contributed by atoms with E-state index < -0.39 is 44.4 Å². The summed E-state index contributed by atoms with van der Waals surface area (Å²) in [6.45, 7) is 12.1. The van der Waals surface area contributed by atoms with Gasteiger partial charge in [-0.05, 0) is 144 Å². The maximum Gasteiger partial charge on any atom is 0.438 e. The lowest BCUT2D eigenvalue weighted by Gasteiger charge is -2.37. The highest BCUT2D eigenvalue weighted by atomic mass is 32.2. The van der Waals surface area contributed by atoms with Crippen molar-refractivity contribution in [3.63, 3.8) is 0 Å². The number of nitrogens with one attached hydrogen (secondary N) is 1. The molecule has 0 radical (unpaired) electrons. The number of H-pyrrole nitrogens is 1. The molecule has 1 amide bonds. The van der Waals surface area contributed by atoms with Gasteiger partial charge in [0.2, 0.25) is 0 Å². The van der Waals surface area contributed by atoms with Gasteiger partial charge >= 0.3 is 11.4 Å². The first kappa shape index (κ1) is 45.4. The van der Waals surface area contributed by atoms with Crippen molar-refractivity contribution in [3.8, 4) is 5.69 Å². The zero-order chi connectivity index (χ0) is 48.2. The Morgan fingerprint density at radius 1 is 0.985 bits per heavy atom. The number of hydrogen-bond donors (Lipinski definition) is 2. The quantitative estimate of drug-likeness (QED) is 0.108. The fourth-order valence-corrected chi connectivity index (χ4v) is 12.9. The molecule has 6 aromatic rings. The molecule has 68 heavy (non-hydrogen) atoms. The van der Waals surface area contributed by atoms with Crippen molar-refractivity contribution in [2.45, 2.75) is 113 Å². The van der Waals surface area contributed by atoms with Gasteiger partial charge in [-0.1, -0.05) is 18.1 Å². The fraction of sp³-hybridized carbons (Fsp3) is 0.420. The summed E-state index contributed by atoms with van der Waals surface area (Å²) in [6, 6.07) is 14.6. The number of benzene rings is 3. The molecule has 5 atom stereocenters. The van der Waals surface area contributed by atoms with Gasteiger partial charge in [0.15, 0.2) is 5.82 Å². The van der Waals surface area contributed by atoms with E-state index in [1.807, 2.05) is 30.5 Å². The van der Waals surface area contributed by atoms with E-state index in [1.54, 1.807) is 36.9 Å². The van der Waals surface area contributed by atoms with Crippen LogP contribution in [0.25, 0.3) is 16.6 Å². The lowest BCUT2D eigenvalue weighted by molar-refractivity contribution is -0.0592. The van der Waals surface area contributed by atoms with Gasteiger partial charge in [0, 0.05) is 66.4 Å². The van der Waals surface area contributed by atoms with Crippen LogP contribution in [0.1, 0.15) is 105 Å². The summed E-state index contributed by atoms with van der Waals surface area (Å²) < 4.78 is 64.4. The topological polar surface area (TPSA) is 188 Å². The van der Waals surface area contributed by atoms with Gasteiger partial charge in [-0.2, -0.15) is 0 Å². The van der Waals surface area contributed by atoms with Crippen molar-refractivity contribution < 1.29 is 27.0 Å². The Morgan fingerprint density at radius 2 is 1.72 bits per heavy atom. The molecule has 0 spiro atoms. The van der Waals surface area contributed by atoms with Crippen molar-refractivity contribution >= 4 is 38.1 Å². The van der Waals surface area contributed by atoms with Crippen LogP contribution in [0.3, 0.4) is 0 Å². The van der Waals surface area contributed by atoms with Crippen LogP contribution in [0.15, 0.2) is 107 Å². The number of imidazole rings is 1. The third-order valence-corrected chi connectivity index (χ3v) is 17.4. The second kappa shape index (κ2) is 16.4. The molecular weight excluding hydrogens is 893 g/mol. The summed E-state index contributed by atoms with van der Waals surface area (Å²) in [5, 5.41) is 4.85. The largest absolute Gasteiger partial charge is 0.438 e. The number of hydrogen-bond acceptors (Lipinski definition) is 10. The average molecular weight is 948 g/mol. The first-order valence-electron chi connectivity index (χ1n) is 23.1. The molecule has 3 aromatic heterocycles. The number of ether oxygens (including phenoxy) is 1. The Labute approximate surface area is 391 Å². The maximum atomic E-state index is 16.1. The van der Waals surface area contributed by atoms with Crippen molar-refractivity contribution in [2.75, 3.05) is 20.2 Å². The van der Waals surface area contributed by atoms with Gasteiger partial charge in [-0.25, -0.2) is 31.9 Å². The molecule has 18 heteroatoms. The minimum atomic E-state index is -2.83. The van der Waals surface area contributed by atoms with Crippen LogP contribution in [-0.4, -0.2) is 81.8 Å². The van der Waals surface area contributed by atoms with Crippen LogP contribution in [0.5, 0.6) is 0 Å². The van der Waals surface area contributed by atoms with Crippen LogP contribution in [-0.2, 0) is 20.0 Å². The molecule has 5 heterocycles. The number of halogens is 2. The van der Waals surface area contributed by atoms with E-state index in [9.17, 15) is 13.8 Å². The highest BCUT2D eigenvalue weighted by Gasteiger charge is 2.59. The normalized spacial score (nSPS) is 23.8. The minimum absolute atomic E-state index is 0.0338. The van der Waals surface area contributed by atoms with Gasteiger partial charge in [0.1, 0.15) is 28.7 Å². The molecule has 3 fully saturated rings. The standard InChI is InChI=1S/C50H55F2N9O6S/c1-27-20-34(21-28(2)43(27)52)55-44(60-18-17-59(48(60)64)40-13-11-36(24-37(40)51)68(65,54-7)35-9-10-35)42-30(4)58(16-14-38(42)53)45(62)41-23-33-22-31(32-15-19-66-49(5,6)26-32)8-12-39(33)61(41)50(25-29(50)3)46-56-47(63)67-57-46/h8,11-13,17-18,20-24,29-30,32,35H,9-10,14-16,19,25-26,53H2,1-7H3,(H,56,57,63)/t29-,30-,32-,50-,68?/m0/s1. The molecule has 2 saturated carbocycles. The molecule has 2 aliphatic carbocycles. The van der Waals surface area contributed by atoms with Crippen molar-refractivity contribution in [1.29, 1.82) is 0 Å². The summed E-state index contributed by atoms with van der Waals surface area (Å²) in [5.74, 6) is -1.60. The van der Waals surface area contributed by atoms with E-state index in [2.05, 4.69) is 40.5 Å². The zero-order valence-electron chi connectivity index (χ0n) is 39.1. The lowest BCUT2D eigenvalue weighted by Crippen LogP contribution is -2.49. The van der Waals surface area contributed by atoms with Crippen LogP contribution in [0, 0.1) is 31.4 Å². The zero-order valence-corrected chi connectivity index (χ0v) is 40.0. The Morgan fingerprint density at radius 3 is 2.35 bits per heavy atom. The lowest BCUT2D eigenvalue weighted by atomic mass is 9.83. The van der Waals surface area contributed by atoms with E-state index in [4.69, 9.17) is 20.0 Å². The van der Waals surface area contributed by atoms with Gasteiger partial charge in [0.05, 0.1) is 37.6 Å². The molecular formula is C50H55F2N9O6S. The Balaban J connectivity index is 1.08. The summed E-state index contributed by atoms with van der Waals surface area (Å²) >= 11 is 0. The van der Waals surface area contributed by atoms with Crippen LogP contribution < -0.4 is 17.2 Å².